The molecule has 0 spiro atoms. The van der Waals surface area contributed by atoms with Gasteiger partial charge in [-0.25, -0.2) is 4.79 Å². The molecule has 1 saturated carbocycles. The summed E-state index contributed by atoms with van der Waals surface area (Å²) >= 11 is 1.76. The molecule has 7 nitrogen and oxygen atoms in total. The van der Waals surface area contributed by atoms with Crippen LogP contribution in [0.25, 0.3) is 11.1 Å². The molecular weight excluding hydrogens is 438 g/mol. The first-order valence-corrected chi connectivity index (χ1v) is 12.7. The lowest BCUT2D eigenvalue weighted by atomic mass is 10.0. The molecule has 4 rings (SSSR count). The Morgan fingerprint density at radius 1 is 1.33 bits per heavy atom. The highest BCUT2D eigenvalue weighted by Crippen LogP contribution is 2.41. The van der Waals surface area contributed by atoms with Crippen molar-refractivity contribution in [1.82, 2.24) is 15.2 Å². The van der Waals surface area contributed by atoms with Crippen molar-refractivity contribution < 1.29 is 19.1 Å². The molecule has 2 atom stereocenters. The Morgan fingerprint density at radius 3 is 2.85 bits per heavy atom. The Morgan fingerprint density at radius 2 is 2.18 bits per heavy atom. The van der Waals surface area contributed by atoms with Gasteiger partial charge >= 0.3 is 6.09 Å². The minimum Gasteiger partial charge on any atom is -0.453 e. The summed E-state index contributed by atoms with van der Waals surface area (Å²) in [6, 6.07) is 6.55. The first-order valence-electron chi connectivity index (χ1n) is 11.9. The smallest absolute Gasteiger partial charge is 0.406 e. The second kappa shape index (κ2) is 11.1. The molecule has 3 heterocycles. The van der Waals surface area contributed by atoms with E-state index in [0.717, 1.165) is 56.1 Å². The summed E-state index contributed by atoms with van der Waals surface area (Å²) in [5.74, 6) is 0.143. The van der Waals surface area contributed by atoms with E-state index >= 15 is 0 Å². The maximum atomic E-state index is 13.4. The highest BCUT2D eigenvalue weighted by molar-refractivity contribution is 7.12. The lowest BCUT2D eigenvalue weighted by Gasteiger charge is -2.33. The van der Waals surface area contributed by atoms with Crippen LogP contribution in [0.15, 0.2) is 30.6 Å². The fraction of sp³-hybridized carbons (Fsp3) is 0.560. The maximum absolute atomic E-state index is 13.4. The number of methoxy groups -OCH3 is 1. The molecule has 0 bridgehead atoms. The number of rotatable bonds is 9. The van der Waals surface area contributed by atoms with Crippen LogP contribution in [0.4, 0.5) is 4.79 Å². The van der Waals surface area contributed by atoms with E-state index < -0.39 is 6.09 Å². The second-order valence-corrected chi connectivity index (χ2v) is 9.93. The zero-order valence-electron chi connectivity index (χ0n) is 19.4. The number of alkyl carbamates (subject to hydrolysis) is 1. The Bertz CT molecular complexity index is 938. The molecule has 2 aromatic heterocycles. The number of amides is 2. The van der Waals surface area contributed by atoms with Crippen LogP contribution in [0.2, 0.25) is 0 Å². The van der Waals surface area contributed by atoms with Crippen molar-refractivity contribution >= 4 is 23.3 Å². The third-order valence-corrected chi connectivity index (χ3v) is 7.68. The lowest BCUT2D eigenvalue weighted by Crippen LogP contribution is -2.44. The topological polar surface area (TPSA) is 80.8 Å². The summed E-state index contributed by atoms with van der Waals surface area (Å²) in [7, 11) is 1.37. The first kappa shape index (κ1) is 23.7. The van der Waals surface area contributed by atoms with Crippen molar-refractivity contribution in [2.45, 2.75) is 70.1 Å². The van der Waals surface area contributed by atoms with E-state index in [0.29, 0.717) is 19.2 Å². The summed E-state index contributed by atoms with van der Waals surface area (Å²) in [5, 5.41) is 2.75. The van der Waals surface area contributed by atoms with Crippen molar-refractivity contribution in [1.29, 1.82) is 0 Å². The Kier molecular flexibility index (Phi) is 7.98. The average molecular weight is 472 g/mol. The van der Waals surface area contributed by atoms with E-state index in [1.165, 1.54) is 16.9 Å². The number of pyridine rings is 1. The predicted octanol–water partition coefficient (Wildman–Crippen LogP) is 4.72. The van der Waals surface area contributed by atoms with Gasteiger partial charge in [-0.1, -0.05) is 6.07 Å². The monoisotopic (exact) mass is 471 g/mol. The maximum Gasteiger partial charge on any atom is 0.406 e. The van der Waals surface area contributed by atoms with Crippen LogP contribution in [0.3, 0.4) is 0 Å². The van der Waals surface area contributed by atoms with Gasteiger partial charge in [0.25, 0.3) is 5.91 Å². The molecule has 2 aromatic rings. The van der Waals surface area contributed by atoms with Crippen molar-refractivity contribution in [2.75, 3.05) is 20.3 Å². The third-order valence-electron chi connectivity index (χ3n) is 6.31. The molecule has 2 aliphatic rings. The van der Waals surface area contributed by atoms with Crippen LogP contribution in [-0.2, 0) is 20.7 Å². The highest BCUT2D eigenvalue weighted by Gasteiger charge is 2.40. The second-order valence-electron chi connectivity index (χ2n) is 8.76. The predicted molar refractivity (Wildman–Crippen MR) is 128 cm³/mol. The van der Waals surface area contributed by atoms with Crippen LogP contribution in [0.1, 0.15) is 61.2 Å². The lowest BCUT2D eigenvalue weighted by molar-refractivity contribution is -0.149. The van der Waals surface area contributed by atoms with Gasteiger partial charge in [0.15, 0.2) is 0 Å². The van der Waals surface area contributed by atoms with Crippen molar-refractivity contribution in [3.63, 3.8) is 0 Å². The molecule has 33 heavy (non-hydrogen) atoms. The number of carbonyl (C=O) groups is 2. The Balaban J connectivity index is 1.54. The standard InChI is InChI=1S/C25H33N3O4S/c1-17(28(19-10-11-19)24(29)21-8-3-4-14-32-21)23-15-20(18-7-5-12-26-16-18)22(33-23)9-6-13-27-25(30)31-2/h5,7,12,15-17,19,21H,3-4,6,8-11,13-14H2,1-2H3,(H,27,30)/t17?,21-/m1/s1. The van der Waals surface area contributed by atoms with Crippen molar-refractivity contribution in [3.05, 3.63) is 40.3 Å². The van der Waals surface area contributed by atoms with E-state index in [4.69, 9.17) is 4.74 Å². The number of hydrogen-bond acceptors (Lipinski definition) is 6. The van der Waals surface area contributed by atoms with Gasteiger partial charge in [-0.15, -0.1) is 11.3 Å². The molecule has 1 saturated heterocycles. The van der Waals surface area contributed by atoms with Gasteiger partial charge in [0.2, 0.25) is 0 Å². The molecule has 0 aromatic carbocycles. The summed E-state index contributed by atoms with van der Waals surface area (Å²) in [4.78, 5) is 33.6. The minimum absolute atomic E-state index is 0.00195. The van der Waals surface area contributed by atoms with Crippen LogP contribution in [-0.4, -0.2) is 54.3 Å². The number of nitrogens with one attached hydrogen (secondary N) is 1. The zero-order chi connectivity index (χ0) is 23.2. The SMILES string of the molecule is COC(=O)NCCCc1sc(C(C)N(C(=O)[C@H]2CCCCO2)C2CC2)cc1-c1cccnc1. The number of ether oxygens (including phenoxy) is 2. The van der Waals surface area contributed by atoms with Crippen LogP contribution in [0, 0.1) is 0 Å². The summed E-state index contributed by atoms with van der Waals surface area (Å²) in [5.41, 5.74) is 2.23. The normalized spacial score (nSPS) is 19.0. The van der Waals surface area contributed by atoms with Gasteiger partial charge in [0.05, 0.1) is 13.2 Å². The highest BCUT2D eigenvalue weighted by atomic mass is 32.1. The summed E-state index contributed by atoms with van der Waals surface area (Å²) < 4.78 is 10.5. The van der Waals surface area contributed by atoms with E-state index in [1.807, 2.05) is 12.3 Å². The van der Waals surface area contributed by atoms with E-state index in [2.05, 4.69) is 39.0 Å². The Labute approximate surface area is 199 Å². The molecule has 8 heteroatoms. The van der Waals surface area contributed by atoms with Gasteiger partial charge in [-0.2, -0.15) is 0 Å². The third kappa shape index (κ3) is 5.92. The molecule has 0 radical (unpaired) electrons. The number of aryl methyl sites for hydroxylation is 1. The van der Waals surface area contributed by atoms with Crippen LogP contribution < -0.4 is 5.32 Å². The molecular formula is C25H33N3O4S. The first-order chi connectivity index (χ1) is 16.1. The fourth-order valence-electron chi connectivity index (χ4n) is 4.40. The summed E-state index contributed by atoms with van der Waals surface area (Å²) in [6.45, 7) is 3.37. The zero-order valence-corrected chi connectivity index (χ0v) is 20.2. The van der Waals surface area contributed by atoms with Crippen molar-refractivity contribution in [3.8, 4) is 11.1 Å². The van der Waals surface area contributed by atoms with E-state index in [-0.39, 0.29) is 18.1 Å². The molecule has 1 aliphatic carbocycles. The molecule has 1 N–H and O–H groups in total. The number of hydrogen-bond donors (Lipinski definition) is 1. The minimum atomic E-state index is -0.411. The van der Waals surface area contributed by atoms with Gasteiger partial charge in [0.1, 0.15) is 6.10 Å². The van der Waals surface area contributed by atoms with Gasteiger partial charge < -0.3 is 19.7 Å². The molecule has 2 fully saturated rings. The molecule has 1 aliphatic heterocycles. The van der Waals surface area contributed by atoms with Gasteiger partial charge in [0, 0.05) is 46.9 Å². The Hall–Kier alpha value is -2.45. The summed E-state index contributed by atoms with van der Waals surface area (Å²) in [6.07, 6.45) is 9.61. The van der Waals surface area contributed by atoms with Crippen LogP contribution in [0.5, 0.6) is 0 Å². The number of nitrogens with zero attached hydrogens (tertiary/aromatic N) is 2. The van der Waals surface area contributed by atoms with Crippen molar-refractivity contribution in [2.24, 2.45) is 0 Å². The largest absolute Gasteiger partial charge is 0.453 e. The number of carbonyl (C=O) groups excluding carboxylic acids is 2. The van der Waals surface area contributed by atoms with Gasteiger partial charge in [-0.05, 0) is 69.6 Å². The van der Waals surface area contributed by atoms with Gasteiger partial charge in [-0.3, -0.25) is 9.78 Å². The fourth-order valence-corrected chi connectivity index (χ4v) is 5.68. The van der Waals surface area contributed by atoms with E-state index in [9.17, 15) is 9.59 Å². The number of thiophene rings is 1. The quantitative estimate of drug-likeness (QED) is 0.535. The molecule has 1 unspecified atom stereocenters. The van der Waals surface area contributed by atoms with E-state index in [1.54, 1.807) is 17.5 Å². The van der Waals surface area contributed by atoms with Crippen LogP contribution >= 0.6 is 11.3 Å². The molecule has 178 valence electrons. The average Bonchev–Trinajstić information content (AvgIpc) is 3.60. The number of aromatic nitrogens is 1. The molecule has 2 amide bonds.